The van der Waals surface area contributed by atoms with E-state index >= 15 is 0 Å². The summed E-state index contributed by atoms with van der Waals surface area (Å²) in [6, 6.07) is 2.06. The van der Waals surface area contributed by atoms with Crippen LogP contribution in [0.15, 0.2) is 18.5 Å². The van der Waals surface area contributed by atoms with Crippen LogP contribution in [0.4, 0.5) is 0 Å². The highest BCUT2D eigenvalue weighted by atomic mass is 127. The van der Waals surface area contributed by atoms with Crippen LogP contribution >= 0.6 is 22.6 Å². The van der Waals surface area contributed by atoms with Crippen LogP contribution in [-0.2, 0) is 0 Å². The van der Waals surface area contributed by atoms with Crippen molar-refractivity contribution in [3.63, 3.8) is 0 Å². The minimum Gasteiger partial charge on any atom is -0.348 e. The van der Waals surface area contributed by atoms with Gasteiger partial charge in [-0.1, -0.05) is 0 Å². The molecule has 0 atom stereocenters. The minimum atomic E-state index is 1.11. The number of H-pyrrole nitrogens is 2. The van der Waals surface area contributed by atoms with Crippen molar-refractivity contribution in [3.05, 3.63) is 22.0 Å². The lowest BCUT2D eigenvalue weighted by molar-refractivity contribution is 1.35. The first kappa shape index (κ1) is 5.34. The Kier molecular flexibility index (Phi) is 1.05. The molecule has 0 unspecified atom stereocenters. The zero-order valence-corrected chi connectivity index (χ0v) is 6.77. The number of nitrogens with one attached hydrogen (secondary N) is 2. The number of rotatable bonds is 0. The smallest absolute Gasteiger partial charge is 0.115 e. The third kappa shape index (κ3) is 0.676. The fraction of sp³-hybridized carbons (Fsp3) is 0. The van der Waals surface area contributed by atoms with Gasteiger partial charge in [-0.15, -0.1) is 0 Å². The molecule has 3 heteroatoms. The van der Waals surface area contributed by atoms with Crippen molar-refractivity contribution in [2.45, 2.75) is 0 Å². The maximum atomic E-state index is 3.10. The van der Waals surface area contributed by atoms with Crippen LogP contribution in [0.2, 0.25) is 0 Å². The SMILES string of the molecule is Ic1c[nH]c2[nH]ccc12. The maximum absolute atomic E-state index is 3.10. The molecule has 0 spiro atoms. The first-order valence-electron chi connectivity index (χ1n) is 2.68. The summed E-state index contributed by atoms with van der Waals surface area (Å²) >= 11 is 2.30. The van der Waals surface area contributed by atoms with Crippen molar-refractivity contribution >= 4 is 33.6 Å². The van der Waals surface area contributed by atoms with Gasteiger partial charge in [-0.05, 0) is 28.7 Å². The van der Waals surface area contributed by atoms with Gasteiger partial charge in [0.2, 0.25) is 0 Å². The summed E-state index contributed by atoms with van der Waals surface area (Å²) in [5.41, 5.74) is 1.11. The molecule has 9 heavy (non-hydrogen) atoms. The number of aromatic amines is 2. The average molecular weight is 232 g/mol. The maximum Gasteiger partial charge on any atom is 0.115 e. The number of aromatic nitrogens is 2. The van der Waals surface area contributed by atoms with Gasteiger partial charge in [-0.2, -0.15) is 0 Å². The van der Waals surface area contributed by atoms with E-state index in [2.05, 4.69) is 38.6 Å². The summed E-state index contributed by atoms with van der Waals surface area (Å²) in [7, 11) is 0. The monoisotopic (exact) mass is 232 g/mol. The molecule has 2 rings (SSSR count). The molecular weight excluding hydrogens is 227 g/mol. The average Bonchev–Trinajstić information content (AvgIpc) is 2.35. The lowest BCUT2D eigenvalue weighted by Crippen LogP contribution is -1.58. The predicted octanol–water partition coefficient (Wildman–Crippen LogP) is 2.10. The van der Waals surface area contributed by atoms with Gasteiger partial charge in [0.25, 0.3) is 0 Å². The molecule has 0 radical (unpaired) electrons. The quantitative estimate of drug-likeness (QED) is 0.652. The molecule has 2 N–H and O–H groups in total. The third-order valence-corrected chi connectivity index (χ3v) is 2.24. The van der Waals surface area contributed by atoms with Gasteiger partial charge in [-0.25, -0.2) is 0 Å². The molecule has 0 aliphatic rings. The molecule has 2 aromatic heterocycles. The van der Waals surface area contributed by atoms with Gasteiger partial charge in [0.1, 0.15) is 5.65 Å². The van der Waals surface area contributed by atoms with Crippen LogP contribution in [0.3, 0.4) is 0 Å². The van der Waals surface area contributed by atoms with E-state index in [-0.39, 0.29) is 0 Å². The van der Waals surface area contributed by atoms with Crippen molar-refractivity contribution < 1.29 is 0 Å². The highest BCUT2D eigenvalue weighted by Gasteiger charge is 1.97. The summed E-state index contributed by atoms with van der Waals surface area (Å²) in [6.07, 6.45) is 3.92. The largest absolute Gasteiger partial charge is 0.348 e. The summed E-state index contributed by atoms with van der Waals surface area (Å²) in [4.78, 5) is 6.18. The fourth-order valence-electron chi connectivity index (χ4n) is 0.901. The van der Waals surface area contributed by atoms with Crippen LogP contribution < -0.4 is 0 Å². The summed E-state index contributed by atoms with van der Waals surface area (Å²) in [5.74, 6) is 0. The Labute approximate surface area is 65.8 Å². The molecule has 2 nitrogen and oxygen atoms in total. The molecule has 2 heterocycles. The Bertz CT molecular complexity index is 320. The van der Waals surface area contributed by atoms with E-state index in [9.17, 15) is 0 Å². The van der Waals surface area contributed by atoms with E-state index in [1.54, 1.807) is 0 Å². The van der Waals surface area contributed by atoms with Crippen LogP contribution in [0, 0.1) is 3.57 Å². The van der Waals surface area contributed by atoms with E-state index in [4.69, 9.17) is 0 Å². The molecule has 2 aromatic rings. The zero-order chi connectivity index (χ0) is 6.27. The Balaban J connectivity index is 2.99. The molecule has 0 bridgehead atoms. The standard InChI is InChI=1S/C6H5IN2/c7-5-3-9-6-4(5)1-2-8-6/h1-3,8-9H. The molecule has 0 aromatic carbocycles. The van der Waals surface area contributed by atoms with Crippen molar-refractivity contribution in [2.75, 3.05) is 0 Å². The number of fused-ring (bicyclic) bond motifs is 1. The highest BCUT2D eigenvalue weighted by Crippen LogP contribution is 2.17. The van der Waals surface area contributed by atoms with E-state index in [0.29, 0.717) is 0 Å². The van der Waals surface area contributed by atoms with Crippen molar-refractivity contribution in [1.82, 2.24) is 9.97 Å². The van der Waals surface area contributed by atoms with Gasteiger partial charge in [0.15, 0.2) is 0 Å². The molecule has 46 valence electrons. The number of halogens is 1. The topological polar surface area (TPSA) is 31.6 Å². The van der Waals surface area contributed by atoms with Gasteiger partial charge in [0, 0.05) is 21.4 Å². The Morgan fingerprint density at radius 1 is 1.33 bits per heavy atom. The van der Waals surface area contributed by atoms with E-state index in [1.165, 1.54) is 8.96 Å². The van der Waals surface area contributed by atoms with Gasteiger partial charge >= 0.3 is 0 Å². The molecule has 0 saturated heterocycles. The summed E-state index contributed by atoms with van der Waals surface area (Å²) < 4.78 is 1.27. The molecule has 0 aliphatic heterocycles. The zero-order valence-electron chi connectivity index (χ0n) is 4.61. The Morgan fingerprint density at radius 2 is 2.22 bits per heavy atom. The summed E-state index contributed by atoms with van der Waals surface area (Å²) in [6.45, 7) is 0. The molecule has 0 aliphatic carbocycles. The normalized spacial score (nSPS) is 10.8. The Hall–Kier alpha value is -0.450. The second-order valence-electron chi connectivity index (χ2n) is 1.90. The number of hydrogen-bond donors (Lipinski definition) is 2. The fourth-order valence-corrected chi connectivity index (χ4v) is 1.51. The lowest BCUT2D eigenvalue weighted by Gasteiger charge is -1.73. The Morgan fingerprint density at radius 3 is 3.00 bits per heavy atom. The second-order valence-corrected chi connectivity index (χ2v) is 3.07. The van der Waals surface area contributed by atoms with Crippen LogP contribution in [0.1, 0.15) is 0 Å². The lowest BCUT2D eigenvalue weighted by atomic mass is 10.4. The first-order valence-corrected chi connectivity index (χ1v) is 3.76. The molecular formula is C6H5IN2. The molecule has 0 fully saturated rings. The van der Waals surface area contributed by atoms with E-state index in [1.807, 2.05) is 12.4 Å². The van der Waals surface area contributed by atoms with E-state index < -0.39 is 0 Å². The molecule has 0 amide bonds. The van der Waals surface area contributed by atoms with Crippen LogP contribution in [0.5, 0.6) is 0 Å². The van der Waals surface area contributed by atoms with Crippen LogP contribution in [-0.4, -0.2) is 9.97 Å². The van der Waals surface area contributed by atoms with Crippen molar-refractivity contribution in [3.8, 4) is 0 Å². The first-order chi connectivity index (χ1) is 4.38. The highest BCUT2D eigenvalue weighted by molar-refractivity contribution is 14.1. The van der Waals surface area contributed by atoms with Crippen molar-refractivity contribution in [2.24, 2.45) is 0 Å². The molecule has 0 saturated carbocycles. The van der Waals surface area contributed by atoms with Gasteiger partial charge in [0.05, 0.1) is 0 Å². The summed E-state index contributed by atoms with van der Waals surface area (Å²) in [5, 5.41) is 1.27. The predicted molar refractivity (Wildman–Crippen MR) is 45.4 cm³/mol. The number of hydrogen-bond acceptors (Lipinski definition) is 0. The van der Waals surface area contributed by atoms with Gasteiger partial charge in [-0.3, -0.25) is 0 Å². The van der Waals surface area contributed by atoms with Crippen LogP contribution in [0.25, 0.3) is 11.0 Å². The third-order valence-electron chi connectivity index (χ3n) is 1.35. The second kappa shape index (κ2) is 1.76. The minimum absolute atomic E-state index is 1.11. The van der Waals surface area contributed by atoms with Gasteiger partial charge < -0.3 is 9.97 Å². The van der Waals surface area contributed by atoms with E-state index in [0.717, 1.165) is 5.65 Å². The van der Waals surface area contributed by atoms with Crippen molar-refractivity contribution in [1.29, 1.82) is 0 Å².